The zero-order valence-electron chi connectivity index (χ0n) is 16.5. The molecule has 0 bridgehead atoms. The lowest BCUT2D eigenvalue weighted by molar-refractivity contribution is -0.124. The summed E-state index contributed by atoms with van der Waals surface area (Å²) in [6.07, 6.45) is 3.78. The molecule has 1 aliphatic heterocycles. The first-order valence-electron chi connectivity index (χ1n) is 10.1. The number of para-hydroxylation sites is 1. The van der Waals surface area contributed by atoms with E-state index in [0.29, 0.717) is 11.4 Å². The summed E-state index contributed by atoms with van der Waals surface area (Å²) in [7, 11) is 0. The number of urea groups is 1. The molecule has 6 nitrogen and oxygen atoms in total. The van der Waals surface area contributed by atoms with Crippen LogP contribution >= 0.6 is 0 Å². The van der Waals surface area contributed by atoms with Crippen molar-refractivity contribution >= 4 is 29.2 Å². The van der Waals surface area contributed by atoms with E-state index >= 15 is 0 Å². The molecule has 4 amide bonds. The fourth-order valence-corrected chi connectivity index (χ4v) is 4.30. The average molecular weight is 391 g/mol. The second-order valence-corrected chi connectivity index (χ2v) is 7.77. The second kappa shape index (κ2) is 8.07. The highest BCUT2D eigenvalue weighted by atomic mass is 16.2. The zero-order valence-corrected chi connectivity index (χ0v) is 16.5. The molecule has 1 saturated carbocycles. The van der Waals surface area contributed by atoms with Gasteiger partial charge < -0.3 is 10.2 Å². The van der Waals surface area contributed by atoms with Crippen LogP contribution in [0.3, 0.4) is 0 Å². The molecule has 2 fully saturated rings. The molecule has 29 heavy (non-hydrogen) atoms. The first-order valence-corrected chi connectivity index (χ1v) is 10.1. The first kappa shape index (κ1) is 19.2. The number of rotatable bonds is 5. The van der Waals surface area contributed by atoms with Gasteiger partial charge in [0.25, 0.3) is 5.91 Å². The van der Waals surface area contributed by atoms with Crippen LogP contribution in [0.4, 0.5) is 16.2 Å². The standard InChI is InChI=1S/C23H25N3O3/c1-16-8-7-13-19(14-16)26-22(28)20(25(23(26)29)18-11-5-6-12-18)15-21(27)24-17-9-3-2-4-10-17/h2-4,7-10,13-14,18,20H,5-6,11-12,15H2,1H3,(H,24,27)/t20-/m1/s1. The molecule has 4 rings (SSSR count). The number of nitrogens with zero attached hydrogens (tertiary/aromatic N) is 2. The summed E-state index contributed by atoms with van der Waals surface area (Å²) >= 11 is 0. The van der Waals surface area contributed by atoms with Gasteiger partial charge in [-0.05, 0) is 49.6 Å². The van der Waals surface area contributed by atoms with E-state index in [9.17, 15) is 14.4 Å². The molecule has 1 aliphatic carbocycles. The number of anilines is 2. The summed E-state index contributed by atoms with van der Waals surface area (Å²) < 4.78 is 0. The van der Waals surface area contributed by atoms with Gasteiger partial charge in [0.1, 0.15) is 6.04 Å². The molecule has 2 aromatic rings. The van der Waals surface area contributed by atoms with Gasteiger partial charge in [0.15, 0.2) is 0 Å². The number of amides is 4. The van der Waals surface area contributed by atoms with E-state index in [1.807, 2.05) is 43.3 Å². The maximum Gasteiger partial charge on any atom is 0.332 e. The third-order valence-electron chi connectivity index (χ3n) is 5.67. The summed E-state index contributed by atoms with van der Waals surface area (Å²) in [6, 6.07) is 15.4. The van der Waals surface area contributed by atoms with Crippen LogP contribution in [0.2, 0.25) is 0 Å². The van der Waals surface area contributed by atoms with Crippen LogP contribution in [-0.2, 0) is 9.59 Å². The first-order chi connectivity index (χ1) is 14.0. The lowest BCUT2D eigenvalue weighted by atomic mass is 10.1. The Labute approximate surface area is 170 Å². The predicted molar refractivity (Wildman–Crippen MR) is 112 cm³/mol. The SMILES string of the molecule is Cc1cccc(N2C(=O)[C@@H](CC(=O)Nc3ccccc3)N(C3CCCC3)C2=O)c1. The average Bonchev–Trinajstić information content (AvgIpc) is 3.30. The van der Waals surface area contributed by atoms with Crippen molar-refractivity contribution in [2.75, 3.05) is 10.2 Å². The Balaban J connectivity index is 1.59. The van der Waals surface area contributed by atoms with Crippen LogP contribution in [0, 0.1) is 6.92 Å². The van der Waals surface area contributed by atoms with Gasteiger partial charge in [-0.1, -0.05) is 43.2 Å². The van der Waals surface area contributed by atoms with Crippen molar-refractivity contribution in [3.05, 3.63) is 60.2 Å². The fraction of sp³-hybridized carbons (Fsp3) is 0.348. The number of nitrogens with one attached hydrogen (secondary N) is 1. The van der Waals surface area contributed by atoms with E-state index in [4.69, 9.17) is 0 Å². The Kier molecular flexibility index (Phi) is 5.34. The highest BCUT2D eigenvalue weighted by Gasteiger charge is 2.49. The van der Waals surface area contributed by atoms with Crippen molar-refractivity contribution in [3.63, 3.8) is 0 Å². The summed E-state index contributed by atoms with van der Waals surface area (Å²) in [5.41, 5.74) is 2.21. The minimum Gasteiger partial charge on any atom is -0.326 e. The second-order valence-electron chi connectivity index (χ2n) is 7.77. The van der Waals surface area contributed by atoms with Gasteiger partial charge in [-0.25, -0.2) is 9.69 Å². The molecule has 0 radical (unpaired) electrons. The Morgan fingerprint density at radius 3 is 2.45 bits per heavy atom. The van der Waals surface area contributed by atoms with Crippen LogP contribution in [0.1, 0.15) is 37.7 Å². The van der Waals surface area contributed by atoms with Crippen LogP contribution in [0.25, 0.3) is 0 Å². The smallest absolute Gasteiger partial charge is 0.326 e. The van der Waals surface area contributed by atoms with Crippen LogP contribution in [0.5, 0.6) is 0 Å². The van der Waals surface area contributed by atoms with E-state index in [1.165, 1.54) is 4.90 Å². The van der Waals surface area contributed by atoms with E-state index in [0.717, 1.165) is 31.2 Å². The molecule has 1 saturated heterocycles. The quantitative estimate of drug-likeness (QED) is 0.780. The molecule has 1 heterocycles. The van der Waals surface area contributed by atoms with Gasteiger partial charge in [0.05, 0.1) is 12.1 Å². The maximum absolute atomic E-state index is 13.3. The van der Waals surface area contributed by atoms with Gasteiger partial charge in [-0.15, -0.1) is 0 Å². The number of carbonyl (C=O) groups is 3. The van der Waals surface area contributed by atoms with Crippen molar-refractivity contribution in [2.24, 2.45) is 0 Å². The summed E-state index contributed by atoms with van der Waals surface area (Å²) in [5, 5.41) is 2.83. The van der Waals surface area contributed by atoms with Crippen LogP contribution in [-0.4, -0.2) is 34.8 Å². The summed E-state index contributed by atoms with van der Waals surface area (Å²) in [5.74, 6) is -0.591. The van der Waals surface area contributed by atoms with Gasteiger partial charge in [0, 0.05) is 11.7 Å². The van der Waals surface area contributed by atoms with Crippen molar-refractivity contribution < 1.29 is 14.4 Å². The van der Waals surface area contributed by atoms with Crippen molar-refractivity contribution in [2.45, 2.75) is 51.1 Å². The Hall–Kier alpha value is -3.15. The molecule has 0 spiro atoms. The molecule has 2 aromatic carbocycles. The van der Waals surface area contributed by atoms with Crippen LogP contribution < -0.4 is 10.2 Å². The van der Waals surface area contributed by atoms with E-state index in [1.54, 1.807) is 23.1 Å². The maximum atomic E-state index is 13.3. The zero-order chi connectivity index (χ0) is 20.4. The van der Waals surface area contributed by atoms with Crippen molar-refractivity contribution in [3.8, 4) is 0 Å². The highest BCUT2D eigenvalue weighted by Crippen LogP contribution is 2.34. The topological polar surface area (TPSA) is 69.7 Å². The molecule has 6 heteroatoms. The summed E-state index contributed by atoms with van der Waals surface area (Å²) in [6.45, 7) is 1.92. The fourth-order valence-electron chi connectivity index (χ4n) is 4.30. The number of benzene rings is 2. The molecule has 0 aromatic heterocycles. The molecule has 1 atom stereocenters. The number of imide groups is 1. The van der Waals surface area contributed by atoms with Gasteiger partial charge in [-0.3, -0.25) is 9.59 Å². The van der Waals surface area contributed by atoms with Gasteiger partial charge in [-0.2, -0.15) is 0 Å². The minimum atomic E-state index is -0.769. The lowest BCUT2D eigenvalue weighted by Gasteiger charge is -2.27. The third-order valence-corrected chi connectivity index (χ3v) is 5.67. The third kappa shape index (κ3) is 3.88. The number of hydrogen-bond donors (Lipinski definition) is 1. The molecular formula is C23H25N3O3. The monoisotopic (exact) mass is 391 g/mol. The van der Waals surface area contributed by atoms with Gasteiger partial charge in [0.2, 0.25) is 5.91 Å². The lowest BCUT2D eigenvalue weighted by Crippen LogP contribution is -2.43. The highest BCUT2D eigenvalue weighted by molar-refractivity contribution is 6.22. The van der Waals surface area contributed by atoms with Crippen molar-refractivity contribution in [1.29, 1.82) is 0 Å². The number of aryl methyl sites for hydroxylation is 1. The molecule has 0 unspecified atom stereocenters. The number of hydrogen-bond acceptors (Lipinski definition) is 3. The molecule has 2 aliphatic rings. The van der Waals surface area contributed by atoms with Crippen molar-refractivity contribution in [1.82, 2.24) is 4.90 Å². The molecule has 1 N–H and O–H groups in total. The minimum absolute atomic E-state index is 0.00999. The Morgan fingerprint density at radius 2 is 1.76 bits per heavy atom. The Bertz CT molecular complexity index is 922. The normalized spacial score (nSPS) is 19.8. The van der Waals surface area contributed by atoms with E-state index in [-0.39, 0.29) is 30.3 Å². The van der Waals surface area contributed by atoms with E-state index in [2.05, 4.69) is 5.32 Å². The predicted octanol–water partition coefficient (Wildman–Crippen LogP) is 4.10. The van der Waals surface area contributed by atoms with Gasteiger partial charge >= 0.3 is 6.03 Å². The largest absolute Gasteiger partial charge is 0.332 e. The molecular weight excluding hydrogens is 366 g/mol. The molecule has 150 valence electrons. The summed E-state index contributed by atoms with van der Waals surface area (Å²) in [4.78, 5) is 42.1. The number of carbonyl (C=O) groups excluding carboxylic acids is 3. The van der Waals surface area contributed by atoms with Crippen LogP contribution in [0.15, 0.2) is 54.6 Å². The van der Waals surface area contributed by atoms with E-state index < -0.39 is 6.04 Å². The Morgan fingerprint density at radius 1 is 1.03 bits per heavy atom.